The van der Waals surface area contributed by atoms with Gasteiger partial charge >= 0.3 is 5.97 Å². The largest absolute Gasteiger partial charge is 0.468 e. The number of nitrogens with zero attached hydrogens (tertiary/aromatic N) is 1. The second kappa shape index (κ2) is 5.01. The van der Waals surface area contributed by atoms with Crippen LogP contribution in [0.15, 0.2) is 12.1 Å². The molecule has 1 aromatic rings. The maximum absolute atomic E-state index is 11.2. The van der Waals surface area contributed by atoms with Crippen LogP contribution in [0.1, 0.15) is 16.7 Å². The van der Waals surface area contributed by atoms with Crippen molar-refractivity contribution in [3.05, 3.63) is 28.8 Å². The van der Waals surface area contributed by atoms with Gasteiger partial charge in [0.05, 0.1) is 7.11 Å². The average Bonchev–Trinajstić information content (AvgIpc) is 2.23. The number of carbonyl (C=O) groups excluding carboxylic acids is 1. The highest BCUT2D eigenvalue weighted by atomic mass is 16.5. The highest BCUT2D eigenvalue weighted by Gasteiger charge is 2.10. The third-order valence-electron chi connectivity index (χ3n) is 2.82. The highest BCUT2D eigenvalue weighted by molar-refractivity contribution is 5.76. The smallest absolute Gasteiger partial charge is 0.325 e. The van der Waals surface area contributed by atoms with E-state index < -0.39 is 0 Å². The lowest BCUT2D eigenvalue weighted by atomic mass is 10.0. The van der Waals surface area contributed by atoms with Gasteiger partial charge in [0.1, 0.15) is 6.54 Å². The molecule has 0 radical (unpaired) electrons. The zero-order chi connectivity index (χ0) is 12.3. The Labute approximate surface area is 97.0 Å². The van der Waals surface area contributed by atoms with Crippen LogP contribution in [0.5, 0.6) is 0 Å². The minimum Gasteiger partial charge on any atom is -0.468 e. The van der Waals surface area contributed by atoms with Gasteiger partial charge in [-0.05, 0) is 43.5 Å². The van der Waals surface area contributed by atoms with Crippen molar-refractivity contribution in [2.24, 2.45) is 0 Å². The lowest BCUT2D eigenvalue weighted by Crippen LogP contribution is -2.27. The quantitative estimate of drug-likeness (QED) is 0.733. The van der Waals surface area contributed by atoms with Crippen LogP contribution in [-0.2, 0) is 9.53 Å². The fourth-order valence-corrected chi connectivity index (χ4v) is 1.70. The van der Waals surface area contributed by atoms with Gasteiger partial charge in [-0.2, -0.15) is 0 Å². The third-order valence-corrected chi connectivity index (χ3v) is 2.82. The molecular weight excluding hydrogens is 202 g/mol. The molecule has 0 aromatic heterocycles. The molecule has 0 N–H and O–H groups in total. The lowest BCUT2D eigenvalue weighted by molar-refractivity contribution is -0.138. The molecule has 1 aromatic carbocycles. The predicted molar refractivity (Wildman–Crippen MR) is 65.9 cm³/mol. The number of carbonyl (C=O) groups is 1. The Hall–Kier alpha value is -1.51. The second-order valence-electron chi connectivity index (χ2n) is 4.16. The van der Waals surface area contributed by atoms with E-state index in [0.29, 0.717) is 0 Å². The molecular formula is C13H19NO2. The fourth-order valence-electron chi connectivity index (χ4n) is 1.70. The number of aryl methyl sites for hydroxylation is 3. The monoisotopic (exact) mass is 221 g/mol. The van der Waals surface area contributed by atoms with Crippen LogP contribution in [0.3, 0.4) is 0 Å². The molecule has 0 spiro atoms. The van der Waals surface area contributed by atoms with E-state index in [1.807, 2.05) is 11.9 Å². The summed E-state index contributed by atoms with van der Waals surface area (Å²) in [6.45, 7) is 6.49. The number of hydrogen-bond acceptors (Lipinski definition) is 3. The maximum Gasteiger partial charge on any atom is 0.325 e. The molecule has 0 fully saturated rings. The zero-order valence-electron chi connectivity index (χ0n) is 10.6. The van der Waals surface area contributed by atoms with E-state index in [1.165, 1.54) is 23.8 Å². The van der Waals surface area contributed by atoms with Gasteiger partial charge in [-0.1, -0.05) is 6.07 Å². The fraction of sp³-hybridized carbons (Fsp3) is 0.462. The molecule has 0 aliphatic carbocycles. The third kappa shape index (κ3) is 2.75. The zero-order valence-corrected chi connectivity index (χ0v) is 10.6. The summed E-state index contributed by atoms with van der Waals surface area (Å²) in [4.78, 5) is 13.1. The molecule has 88 valence electrons. The Morgan fingerprint density at radius 3 is 2.31 bits per heavy atom. The summed E-state index contributed by atoms with van der Waals surface area (Å²) in [7, 11) is 3.30. The number of benzene rings is 1. The van der Waals surface area contributed by atoms with Gasteiger partial charge in [0.15, 0.2) is 0 Å². The van der Waals surface area contributed by atoms with Crippen molar-refractivity contribution < 1.29 is 9.53 Å². The Morgan fingerprint density at radius 2 is 1.75 bits per heavy atom. The number of hydrogen-bond donors (Lipinski definition) is 0. The van der Waals surface area contributed by atoms with Crippen molar-refractivity contribution >= 4 is 11.7 Å². The molecule has 3 heteroatoms. The normalized spacial score (nSPS) is 10.1. The molecule has 1 rings (SSSR count). The topological polar surface area (TPSA) is 29.5 Å². The van der Waals surface area contributed by atoms with E-state index in [2.05, 4.69) is 37.6 Å². The number of anilines is 1. The van der Waals surface area contributed by atoms with Crippen molar-refractivity contribution in [2.45, 2.75) is 20.8 Å². The van der Waals surface area contributed by atoms with Crippen LogP contribution in [0.2, 0.25) is 0 Å². The van der Waals surface area contributed by atoms with E-state index in [1.54, 1.807) is 0 Å². The van der Waals surface area contributed by atoms with Crippen molar-refractivity contribution in [1.29, 1.82) is 0 Å². The van der Waals surface area contributed by atoms with Crippen molar-refractivity contribution in [3.63, 3.8) is 0 Å². The van der Waals surface area contributed by atoms with E-state index in [-0.39, 0.29) is 12.5 Å². The molecule has 3 nitrogen and oxygen atoms in total. The Kier molecular flexibility index (Phi) is 3.93. The van der Waals surface area contributed by atoms with E-state index in [9.17, 15) is 4.79 Å². The van der Waals surface area contributed by atoms with E-state index >= 15 is 0 Å². The number of rotatable bonds is 3. The van der Waals surface area contributed by atoms with Gasteiger partial charge in [-0.25, -0.2) is 0 Å². The van der Waals surface area contributed by atoms with Crippen LogP contribution in [0.25, 0.3) is 0 Å². The molecule has 0 bridgehead atoms. The maximum atomic E-state index is 11.2. The molecule has 0 saturated heterocycles. The first-order valence-electron chi connectivity index (χ1n) is 5.31. The minimum absolute atomic E-state index is 0.222. The summed E-state index contributed by atoms with van der Waals surface area (Å²) in [6, 6.07) is 4.24. The number of likely N-dealkylation sites (N-methyl/N-ethyl adjacent to an activating group) is 1. The summed E-state index contributed by atoms with van der Waals surface area (Å²) in [5.41, 5.74) is 4.76. The summed E-state index contributed by atoms with van der Waals surface area (Å²) < 4.78 is 4.66. The number of methoxy groups -OCH3 is 1. The Morgan fingerprint density at radius 1 is 1.19 bits per heavy atom. The summed E-state index contributed by atoms with van der Waals surface area (Å²) in [5, 5.41) is 0. The first-order valence-corrected chi connectivity index (χ1v) is 5.31. The van der Waals surface area contributed by atoms with Crippen molar-refractivity contribution in [1.82, 2.24) is 0 Å². The summed E-state index contributed by atoms with van der Waals surface area (Å²) in [5.74, 6) is -0.222. The van der Waals surface area contributed by atoms with Crippen molar-refractivity contribution in [3.8, 4) is 0 Å². The van der Waals surface area contributed by atoms with E-state index in [4.69, 9.17) is 0 Å². The summed E-state index contributed by atoms with van der Waals surface area (Å²) >= 11 is 0. The van der Waals surface area contributed by atoms with Gasteiger partial charge in [-0.15, -0.1) is 0 Å². The molecule has 0 unspecified atom stereocenters. The minimum atomic E-state index is -0.222. The molecule has 0 aliphatic heterocycles. The Bertz CT molecular complexity index is 399. The van der Waals surface area contributed by atoms with Gasteiger partial charge in [0, 0.05) is 12.7 Å². The molecule has 0 atom stereocenters. The SMILES string of the molecule is COC(=O)CN(C)c1cc(C)c(C)cc1C. The van der Waals surface area contributed by atoms with E-state index in [0.717, 1.165) is 5.69 Å². The van der Waals surface area contributed by atoms with Gasteiger partial charge in [-0.3, -0.25) is 4.79 Å². The molecule has 16 heavy (non-hydrogen) atoms. The standard InChI is InChI=1S/C13H19NO2/c1-9-6-11(3)12(7-10(9)2)14(4)8-13(15)16-5/h6-7H,8H2,1-5H3. The molecule has 0 heterocycles. The van der Waals surface area contributed by atoms with Crippen LogP contribution in [-0.4, -0.2) is 26.7 Å². The highest BCUT2D eigenvalue weighted by Crippen LogP contribution is 2.22. The Balaban J connectivity index is 2.95. The molecule has 0 saturated carbocycles. The number of ether oxygens (including phenoxy) is 1. The summed E-state index contributed by atoms with van der Waals surface area (Å²) in [6.07, 6.45) is 0. The first-order chi connectivity index (χ1) is 7.45. The van der Waals surface area contributed by atoms with Crippen LogP contribution < -0.4 is 4.90 Å². The van der Waals surface area contributed by atoms with Gasteiger partial charge in [0.25, 0.3) is 0 Å². The lowest BCUT2D eigenvalue weighted by Gasteiger charge is -2.21. The molecule has 0 aliphatic rings. The van der Waals surface area contributed by atoms with Gasteiger partial charge in [0.2, 0.25) is 0 Å². The predicted octanol–water partition coefficient (Wildman–Crippen LogP) is 2.22. The molecule has 0 amide bonds. The van der Waals surface area contributed by atoms with Crippen molar-refractivity contribution in [2.75, 3.05) is 25.6 Å². The van der Waals surface area contributed by atoms with Crippen LogP contribution in [0.4, 0.5) is 5.69 Å². The number of esters is 1. The van der Waals surface area contributed by atoms with Crippen LogP contribution >= 0.6 is 0 Å². The van der Waals surface area contributed by atoms with Crippen LogP contribution in [0, 0.1) is 20.8 Å². The average molecular weight is 221 g/mol. The second-order valence-corrected chi connectivity index (χ2v) is 4.16. The van der Waals surface area contributed by atoms with Gasteiger partial charge < -0.3 is 9.64 Å². The first kappa shape index (κ1) is 12.6.